The molecule has 0 bridgehead atoms. The van der Waals surface area contributed by atoms with Crippen LogP contribution in [0, 0.1) is 0 Å². The molecule has 2 aromatic rings. The molecule has 1 saturated carbocycles. The molecule has 0 N–H and O–H groups in total. The zero-order chi connectivity index (χ0) is 22.0. The first-order valence-electron chi connectivity index (χ1n) is 10.4. The van der Waals surface area contributed by atoms with Gasteiger partial charge in [0.1, 0.15) is 12.2 Å². The van der Waals surface area contributed by atoms with Gasteiger partial charge in [-0.2, -0.15) is 4.98 Å². The van der Waals surface area contributed by atoms with Gasteiger partial charge < -0.3 is 18.9 Å². The minimum Gasteiger partial charge on any atom is -0.443 e. The summed E-state index contributed by atoms with van der Waals surface area (Å²) < 4.78 is 28.5. The van der Waals surface area contributed by atoms with Crippen LogP contribution in [0.1, 0.15) is 44.9 Å². The molecule has 1 atom stereocenters. The van der Waals surface area contributed by atoms with Crippen LogP contribution in [0.15, 0.2) is 27.6 Å². The first-order valence-corrected chi connectivity index (χ1v) is 12.3. The summed E-state index contributed by atoms with van der Waals surface area (Å²) in [6, 6.07) is 5.13. The molecule has 1 unspecified atom stereocenters. The van der Waals surface area contributed by atoms with Gasteiger partial charge in [0.2, 0.25) is 5.82 Å². The van der Waals surface area contributed by atoms with Gasteiger partial charge in [0, 0.05) is 24.9 Å². The molecule has 1 aliphatic carbocycles. The molecule has 168 valence electrons. The molecule has 31 heavy (non-hydrogen) atoms. The minimum absolute atomic E-state index is 0.0203. The Kier molecular flexibility index (Phi) is 6.64. The molecule has 1 amide bonds. The first kappa shape index (κ1) is 22.2. The summed E-state index contributed by atoms with van der Waals surface area (Å²) in [6.07, 6.45) is 5.85. The summed E-state index contributed by atoms with van der Waals surface area (Å²) in [5, 5.41) is 4.38. The molecule has 0 spiro atoms. The van der Waals surface area contributed by atoms with E-state index < -0.39 is 10.8 Å². The summed E-state index contributed by atoms with van der Waals surface area (Å²) in [6.45, 7) is 3.41. The summed E-state index contributed by atoms with van der Waals surface area (Å²) in [5.74, 6) is 0.769. The van der Waals surface area contributed by atoms with Crippen molar-refractivity contribution in [2.24, 2.45) is 0 Å². The van der Waals surface area contributed by atoms with Crippen LogP contribution >= 0.6 is 11.6 Å². The van der Waals surface area contributed by atoms with Crippen molar-refractivity contribution in [3.05, 3.63) is 29.1 Å². The zero-order valence-corrected chi connectivity index (χ0v) is 19.2. The fourth-order valence-corrected chi connectivity index (χ4v) is 4.85. The lowest BCUT2D eigenvalue weighted by atomic mass is 9.82. The standard InChI is InChI=1S/C21H26ClN3O5S/c1-21(8-3-9-21)29-20(26)25-10-6-15(7-11-25)28-13-18-23-19(24-30-18)14-4-5-17(31(2)27)16(22)12-14/h4-5,12,15H,3,6-11,13H2,1-2H3. The largest absolute Gasteiger partial charge is 0.443 e. The van der Waals surface area contributed by atoms with Gasteiger partial charge in [-0.05, 0) is 57.2 Å². The molecular formula is C21H26ClN3O5S. The molecule has 2 aliphatic rings. The maximum Gasteiger partial charge on any atom is 0.410 e. The highest BCUT2D eigenvalue weighted by atomic mass is 35.5. The van der Waals surface area contributed by atoms with E-state index in [2.05, 4.69) is 10.1 Å². The molecule has 1 aliphatic heterocycles. The van der Waals surface area contributed by atoms with Crippen molar-refractivity contribution in [3.8, 4) is 11.4 Å². The van der Waals surface area contributed by atoms with E-state index in [1.54, 1.807) is 29.4 Å². The van der Waals surface area contributed by atoms with E-state index in [4.69, 9.17) is 25.6 Å². The first-order chi connectivity index (χ1) is 14.8. The van der Waals surface area contributed by atoms with E-state index in [1.807, 2.05) is 6.92 Å². The van der Waals surface area contributed by atoms with Gasteiger partial charge in [-0.1, -0.05) is 16.8 Å². The van der Waals surface area contributed by atoms with Gasteiger partial charge >= 0.3 is 6.09 Å². The second kappa shape index (κ2) is 9.26. The number of ether oxygens (including phenoxy) is 2. The van der Waals surface area contributed by atoms with Crippen LogP contribution in [0.2, 0.25) is 5.02 Å². The Morgan fingerprint density at radius 3 is 2.71 bits per heavy atom. The Bertz CT molecular complexity index is 970. The Labute approximate surface area is 188 Å². The number of carbonyl (C=O) groups is 1. The van der Waals surface area contributed by atoms with Gasteiger partial charge in [0.25, 0.3) is 5.89 Å². The summed E-state index contributed by atoms with van der Waals surface area (Å²) in [4.78, 5) is 19.0. The average molecular weight is 468 g/mol. The third kappa shape index (κ3) is 5.27. The molecule has 4 rings (SSSR count). The van der Waals surface area contributed by atoms with Crippen molar-refractivity contribution in [2.75, 3.05) is 19.3 Å². The third-order valence-corrected chi connectivity index (χ3v) is 7.26. The summed E-state index contributed by atoms with van der Waals surface area (Å²) in [5.41, 5.74) is 0.402. The minimum atomic E-state index is -1.16. The number of aromatic nitrogens is 2. The maximum atomic E-state index is 12.3. The number of piperidine rings is 1. The zero-order valence-electron chi connectivity index (χ0n) is 17.6. The number of benzene rings is 1. The molecule has 8 nitrogen and oxygen atoms in total. The highest BCUT2D eigenvalue weighted by Crippen LogP contribution is 2.35. The topological polar surface area (TPSA) is 94.8 Å². The number of likely N-dealkylation sites (tertiary alicyclic amines) is 1. The van der Waals surface area contributed by atoms with Crippen LogP contribution in [0.3, 0.4) is 0 Å². The van der Waals surface area contributed by atoms with E-state index in [-0.39, 0.29) is 24.4 Å². The van der Waals surface area contributed by atoms with Crippen molar-refractivity contribution in [1.29, 1.82) is 0 Å². The normalized spacial score (nSPS) is 19.6. The van der Waals surface area contributed by atoms with Crippen LogP contribution in [0.25, 0.3) is 11.4 Å². The lowest BCUT2D eigenvalue weighted by Gasteiger charge is -2.40. The predicted molar refractivity (Wildman–Crippen MR) is 115 cm³/mol. The number of nitrogens with zero attached hydrogens (tertiary/aromatic N) is 3. The van der Waals surface area contributed by atoms with Crippen molar-refractivity contribution in [1.82, 2.24) is 15.0 Å². The van der Waals surface area contributed by atoms with Crippen molar-refractivity contribution < 1.29 is 23.0 Å². The van der Waals surface area contributed by atoms with Crippen molar-refractivity contribution in [2.45, 2.75) is 62.2 Å². The number of carbonyl (C=O) groups excluding carboxylic acids is 1. The molecule has 2 heterocycles. The Hall–Kier alpha value is -1.97. The van der Waals surface area contributed by atoms with E-state index in [9.17, 15) is 9.00 Å². The SMILES string of the molecule is CS(=O)c1ccc(-c2noc(COC3CCN(C(=O)OC4(C)CCC4)CC3)n2)cc1Cl. The van der Waals surface area contributed by atoms with E-state index in [0.717, 1.165) is 32.1 Å². The third-order valence-electron chi connectivity index (χ3n) is 5.86. The lowest BCUT2D eigenvalue weighted by molar-refractivity contribution is -0.0589. The number of rotatable bonds is 6. The van der Waals surface area contributed by atoms with E-state index in [0.29, 0.717) is 40.3 Å². The van der Waals surface area contributed by atoms with Gasteiger partial charge in [0.05, 0.1) is 26.8 Å². The summed E-state index contributed by atoms with van der Waals surface area (Å²) >= 11 is 6.18. The smallest absolute Gasteiger partial charge is 0.410 e. The Balaban J connectivity index is 1.25. The van der Waals surface area contributed by atoms with Gasteiger partial charge in [-0.3, -0.25) is 4.21 Å². The second-order valence-electron chi connectivity index (χ2n) is 8.28. The molecule has 1 saturated heterocycles. The van der Waals surface area contributed by atoms with E-state index in [1.165, 1.54) is 0 Å². The number of hydrogen-bond donors (Lipinski definition) is 0. The molecule has 2 fully saturated rings. The van der Waals surface area contributed by atoms with Gasteiger partial charge in [-0.15, -0.1) is 0 Å². The Morgan fingerprint density at radius 2 is 2.10 bits per heavy atom. The molecule has 10 heteroatoms. The number of hydrogen-bond acceptors (Lipinski definition) is 7. The van der Waals surface area contributed by atoms with Gasteiger partial charge in [0.15, 0.2) is 0 Å². The number of amides is 1. The van der Waals surface area contributed by atoms with Crippen LogP contribution in [-0.4, -0.2) is 56.4 Å². The predicted octanol–water partition coefficient (Wildman–Crippen LogP) is 4.19. The molecule has 1 aromatic carbocycles. The Morgan fingerprint density at radius 1 is 1.35 bits per heavy atom. The average Bonchev–Trinajstić information content (AvgIpc) is 3.20. The quantitative estimate of drug-likeness (QED) is 0.628. The number of halogens is 1. The van der Waals surface area contributed by atoms with Crippen LogP contribution in [0.4, 0.5) is 4.79 Å². The summed E-state index contributed by atoms with van der Waals surface area (Å²) in [7, 11) is -1.16. The highest BCUT2D eigenvalue weighted by Gasteiger charge is 2.37. The van der Waals surface area contributed by atoms with Crippen LogP contribution < -0.4 is 0 Å². The monoisotopic (exact) mass is 467 g/mol. The molecular weight excluding hydrogens is 442 g/mol. The fourth-order valence-electron chi connectivity index (χ4n) is 3.75. The van der Waals surface area contributed by atoms with Crippen molar-refractivity contribution >= 4 is 28.5 Å². The van der Waals surface area contributed by atoms with Gasteiger partial charge in [-0.25, -0.2) is 4.79 Å². The lowest BCUT2D eigenvalue weighted by Crippen LogP contribution is -2.46. The molecule has 1 aromatic heterocycles. The van der Waals surface area contributed by atoms with E-state index >= 15 is 0 Å². The maximum absolute atomic E-state index is 12.3. The van der Waals surface area contributed by atoms with Crippen LogP contribution in [-0.2, 0) is 26.9 Å². The highest BCUT2D eigenvalue weighted by molar-refractivity contribution is 7.84. The van der Waals surface area contributed by atoms with Crippen LogP contribution in [0.5, 0.6) is 0 Å². The molecule has 0 radical (unpaired) electrons. The van der Waals surface area contributed by atoms with Crippen molar-refractivity contribution in [3.63, 3.8) is 0 Å². The fraction of sp³-hybridized carbons (Fsp3) is 0.571. The second-order valence-corrected chi connectivity index (χ2v) is 10.0.